The van der Waals surface area contributed by atoms with Gasteiger partial charge in [-0.25, -0.2) is 0 Å². The van der Waals surface area contributed by atoms with E-state index in [2.05, 4.69) is 31.1 Å². The van der Waals surface area contributed by atoms with Crippen molar-refractivity contribution in [2.75, 3.05) is 5.75 Å². The zero-order valence-electron chi connectivity index (χ0n) is 8.70. The highest BCUT2D eigenvalue weighted by molar-refractivity contribution is 9.10. The second-order valence-corrected chi connectivity index (χ2v) is 5.51. The molecule has 0 amide bonds. The number of carbonyl (C=O) groups excluding carboxylic acids is 1. The van der Waals surface area contributed by atoms with E-state index in [4.69, 9.17) is 4.74 Å². The van der Waals surface area contributed by atoms with Crippen LogP contribution in [0, 0.1) is 0 Å². The quantitative estimate of drug-likeness (QED) is 0.682. The van der Waals surface area contributed by atoms with Gasteiger partial charge >= 0.3 is 5.97 Å². The summed E-state index contributed by atoms with van der Waals surface area (Å²) in [5.41, 5.74) is -0.445. The van der Waals surface area contributed by atoms with Crippen molar-refractivity contribution < 1.29 is 9.53 Å². The van der Waals surface area contributed by atoms with Crippen LogP contribution in [0.2, 0.25) is 0 Å². The standard InChI is InChI=1S/C8H12BrN3O2S/c1-8(2,3)14-5(13)4-15-7-10-6(9)11-12-7/h4H2,1-3H3,(H,10,11,12). The van der Waals surface area contributed by atoms with Gasteiger partial charge in [0.2, 0.25) is 0 Å². The lowest BCUT2D eigenvalue weighted by atomic mass is 10.2. The van der Waals surface area contributed by atoms with Gasteiger partial charge in [0.25, 0.3) is 0 Å². The van der Waals surface area contributed by atoms with Crippen LogP contribution in [0.3, 0.4) is 0 Å². The van der Waals surface area contributed by atoms with E-state index in [0.29, 0.717) is 9.89 Å². The van der Waals surface area contributed by atoms with Crippen molar-refractivity contribution in [3.8, 4) is 0 Å². The highest BCUT2D eigenvalue weighted by atomic mass is 79.9. The van der Waals surface area contributed by atoms with E-state index in [0.717, 1.165) is 0 Å². The van der Waals surface area contributed by atoms with Crippen molar-refractivity contribution in [1.29, 1.82) is 0 Å². The highest BCUT2D eigenvalue weighted by Gasteiger charge is 2.16. The third kappa shape index (κ3) is 5.17. The van der Waals surface area contributed by atoms with Gasteiger partial charge in [-0.15, -0.1) is 10.2 Å². The highest BCUT2D eigenvalue weighted by Crippen LogP contribution is 2.16. The van der Waals surface area contributed by atoms with E-state index in [1.807, 2.05) is 20.8 Å². The Kier molecular flexibility index (Phi) is 4.15. The minimum Gasteiger partial charge on any atom is -0.459 e. The Bertz CT molecular complexity index is 348. The normalized spacial score (nSPS) is 11.5. The molecule has 1 rings (SSSR count). The van der Waals surface area contributed by atoms with E-state index < -0.39 is 5.60 Å². The summed E-state index contributed by atoms with van der Waals surface area (Å²) in [6, 6.07) is 0. The number of aromatic amines is 1. The fourth-order valence-electron chi connectivity index (χ4n) is 0.791. The van der Waals surface area contributed by atoms with Crippen LogP contribution in [0.25, 0.3) is 0 Å². The SMILES string of the molecule is CC(C)(C)OC(=O)CSc1nnc(Br)[nH]1. The minimum absolute atomic E-state index is 0.221. The monoisotopic (exact) mass is 293 g/mol. The van der Waals surface area contributed by atoms with E-state index in [1.165, 1.54) is 11.8 Å². The first-order chi connectivity index (χ1) is 6.87. The summed E-state index contributed by atoms with van der Waals surface area (Å²) in [6.07, 6.45) is 0. The molecule has 1 aromatic heterocycles. The van der Waals surface area contributed by atoms with Gasteiger partial charge in [0.1, 0.15) is 5.60 Å². The van der Waals surface area contributed by atoms with Gasteiger partial charge in [0.05, 0.1) is 5.75 Å². The first-order valence-corrected chi connectivity index (χ1v) is 6.07. The molecule has 0 bridgehead atoms. The number of rotatable bonds is 3. The molecule has 1 N–H and O–H groups in total. The predicted molar refractivity (Wildman–Crippen MR) is 60.7 cm³/mol. The lowest BCUT2D eigenvalue weighted by Gasteiger charge is -2.18. The van der Waals surface area contributed by atoms with Crippen LogP contribution >= 0.6 is 27.7 Å². The summed E-state index contributed by atoms with van der Waals surface area (Å²) in [5, 5.41) is 8.08. The fourth-order valence-corrected chi connectivity index (χ4v) is 1.77. The Labute approximate surface area is 101 Å². The number of hydrogen-bond donors (Lipinski definition) is 1. The van der Waals surface area contributed by atoms with Gasteiger partial charge in [-0.2, -0.15) is 0 Å². The van der Waals surface area contributed by atoms with Gasteiger partial charge in [-0.3, -0.25) is 4.79 Å². The average Bonchev–Trinajstić information content (AvgIpc) is 2.45. The van der Waals surface area contributed by atoms with Crippen molar-refractivity contribution in [2.24, 2.45) is 0 Å². The van der Waals surface area contributed by atoms with E-state index in [1.54, 1.807) is 0 Å². The maximum Gasteiger partial charge on any atom is 0.316 e. The van der Waals surface area contributed by atoms with Gasteiger partial charge in [0, 0.05) is 0 Å². The average molecular weight is 294 g/mol. The molecule has 0 fully saturated rings. The van der Waals surface area contributed by atoms with Crippen molar-refractivity contribution in [2.45, 2.75) is 31.5 Å². The topological polar surface area (TPSA) is 67.9 Å². The molecule has 0 atom stereocenters. The van der Waals surface area contributed by atoms with E-state index in [-0.39, 0.29) is 11.7 Å². The molecule has 15 heavy (non-hydrogen) atoms. The zero-order valence-corrected chi connectivity index (χ0v) is 11.1. The van der Waals surface area contributed by atoms with Crippen molar-refractivity contribution in [1.82, 2.24) is 15.2 Å². The van der Waals surface area contributed by atoms with Gasteiger partial charge in [-0.05, 0) is 36.7 Å². The van der Waals surface area contributed by atoms with Crippen molar-refractivity contribution in [3.05, 3.63) is 4.73 Å². The summed E-state index contributed by atoms with van der Waals surface area (Å²) >= 11 is 4.39. The number of H-pyrrole nitrogens is 1. The number of aromatic nitrogens is 3. The molecule has 5 nitrogen and oxygen atoms in total. The Balaban J connectivity index is 2.35. The number of ether oxygens (including phenoxy) is 1. The first kappa shape index (κ1) is 12.5. The predicted octanol–water partition coefficient (Wildman–Crippen LogP) is 2.00. The molecular weight excluding hydrogens is 282 g/mol. The summed E-state index contributed by atoms with van der Waals surface area (Å²) in [6.45, 7) is 5.50. The Morgan fingerprint density at radius 2 is 2.20 bits per heavy atom. The third-order valence-electron chi connectivity index (χ3n) is 1.19. The lowest BCUT2D eigenvalue weighted by Crippen LogP contribution is -2.24. The van der Waals surface area contributed by atoms with Gasteiger partial charge < -0.3 is 9.72 Å². The molecule has 0 unspecified atom stereocenters. The molecule has 0 aliphatic rings. The van der Waals surface area contributed by atoms with Crippen LogP contribution in [-0.2, 0) is 9.53 Å². The van der Waals surface area contributed by atoms with Crippen LogP contribution in [0.5, 0.6) is 0 Å². The van der Waals surface area contributed by atoms with Gasteiger partial charge in [-0.1, -0.05) is 11.8 Å². The molecule has 0 aliphatic heterocycles. The van der Waals surface area contributed by atoms with E-state index >= 15 is 0 Å². The summed E-state index contributed by atoms with van der Waals surface area (Å²) < 4.78 is 5.68. The molecule has 0 radical (unpaired) electrons. The van der Waals surface area contributed by atoms with Crippen LogP contribution in [0.1, 0.15) is 20.8 Å². The Morgan fingerprint density at radius 3 is 2.67 bits per heavy atom. The Morgan fingerprint density at radius 1 is 1.53 bits per heavy atom. The first-order valence-electron chi connectivity index (χ1n) is 4.29. The molecule has 0 aromatic carbocycles. The molecule has 84 valence electrons. The van der Waals surface area contributed by atoms with Crippen LogP contribution in [-0.4, -0.2) is 32.5 Å². The molecule has 1 heterocycles. The zero-order chi connectivity index (χ0) is 11.5. The number of halogens is 1. The number of nitrogens with zero attached hydrogens (tertiary/aromatic N) is 2. The minimum atomic E-state index is -0.445. The second kappa shape index (κ2) is 4.98. The maximum atomic E-state index is 11.3. The smallest absolute Gasteiger partial charge is 0.316 e. The van der Waals surface area contributed by atoms with Crippen molar-refractivity contribution in [3.63, 3.8) is 0 Å². The van der Waals surface area contributed by atoms with Crippen molar-refractivity contribution >= 4 is 33.7 Å². The maximum absolute atomic E-state index is 11.3. The summed E-state index contributed by atoms with van der Waals surface area (Å²) in [5.74, 6) is -0.0427. The third-order valence-corrected chi connectivity index (χ3v) is 2.38. The molecule has 0 aliphatic carbocycles. The number of hydrogen-bond acceptors (Lipinski definition) is 5. The Hall–Kier alpha value is -0.560. The van der Waals surface area contributed by atoms with E-state index in [9.17, 15) is 4.79 Å². The summed E-state index contributed by atoms with van der Waals surface area (Å²) in [4.78, 5) is 14.2. The fraction of sp³-hybridized carbons (Fsp3) is 0.625. The summed E-state index contributed by atoms with van der Waals surface area (Å²) in [7, 11) is 0. The second-order valence-electron chi connectivity index (χ2n) is 3.80. The van der Waals surface area contributed by atoms with Gasteiger partial charge in [0.15, 0.2) is 9.89 Å². The molecular formula is C8H12BrN3O2S. The van der Waals surface area contributed by atoms with Crippen LogP contribution < -0.4 is 0 Å². The molecule has 0 saturated heterocycles. The largest absolute Gasteiger partial charge is 0.459 e. The number of esters is 1. The number of carbonyl (C=O) groups is 1. The molecule has 0 saturated carbocycles. The number of nitrogens with one attached hydrogen (secondary N) is 1. The van der Waals surface area contributed by atoms with Crippen LogP contribution in [0.15, 0.2) is 9.89 Å². The molecule has 0 spiro atoms. The lowest BCUT2D eigenvalue weighted by molar-refractivity contribution is -0.151. The number of thioether (sulfide) groups is 1. The van der Waals surface area contributed by atoms with Crippen LogP contribution in [0.4, 0.5) is 0 Å². The molecule has 7 heteroatoms. The molecule has 1 aromatic rings.